The summed E-state index contributed by atoms with van der Waals surface area (Å²) in [5.41, 5.74) is -0.0470. The Hall–Kier alpha value is -1.80. The number of nitrogens with zero attached hydrogens (tertiary/aromatic N) is 4. The molecule has 30 heavy (non-hydrogen) atoms. The van der Waals surface area contributed by atoms with Crippen molar-refractivity contribution in [1.82, 2.24) is 19.9 Å². The lowest BCUT2D eigenvalue weighted by atomic mass is 9.94. The number of hydrogen-bond acceptors (Lipinski definition) is 6. The van der Waals surface area contributed by atoms with Gasteiger partial charge in [-0.2, -0.15) is 0 Å². The maximum absolute atomic E-state index is 12.5. The summed E-state index contributed by atoms with van der Waals surface area (Å²) in [5, 5.41) is 8.30. The van der Waals surface area contributed by atoms with Crippen LogP contribution in [0.4, 0.5) is 0 Å². The fourth-order valence-corrected chi connectivity index (χ4v) is 3.51. The summed E-state index contributed by atoms with van der Waals surface area (Å²) in [6.07, 6.45) is 3.86. The van der Waals surface area contributed by atoms with Crippen molar-refractivity contribution in [2.24, 2.45) is 11.8 Å². The summed E-state index contributed by atoms with van der Waals surface area (Å²) >= 11 is 0. The molecule has 1 aromatic rings. The van der Waals surface area contributed by atoms with Crippen molar-refractivity contribution in [3.05, 3.63) is 11.9 Å². The molecule has 1 unspecified atom stereocenters. The molecule has 1 aliphatic rings. The molecule has 1 aliphatic heterocycles. The fraction of sp³-hybridized carbons (Fsp3) is 0.818. The third-order valence-corrected chi connectivity index (χ3v) is 5.43. The van der Waals surface area contributed by atoms with Gasteiger partial charge in [-0.15, -0.1) is 5.10 Å². The maximum Gasteiger partial charge on any atom is 0.233 e. The molecule has 0 spiro atoms. The first kappa shape index (κ1) is 24.5. The number of ether oxygens (including phenoxy) is 2. The van der Waals surface area contributed by atoms with E-state index in [-0.39, 0.29) is 42.2 Å². The molecule has 1 saturated heterocycles. The molecule has 2 rings (SSSR count). The lowest BCUT2D eigenvalue weighted by Crippen LogP contribution is -2.34. The van der Waals surface area contributed by atoms with Crippen LogP contribution in [0, 0.1) is 11.8 Å². The van der Waals surface area contributed by atoms with Crippen molar-refractivity contribution in [2.45, 2.75) is 92.0 Å². The van der Waals surface area contributed by atoms with E-state index in [9.17, 15) is 9.59 Å². The average molecular weight is 423 g/mol. The topological polar surface area (TPSA) is 86.5 Å². The Morgan fingerprint density at radius 1 is 1.13 bits per heavy atom. The van der Waals surface area contributed by atoms with Crippen LogP contribution in [0.3, 0.4) is 0 Å². The van der Waals surface area contributed by atoms with Crippen LogP contribution in [0.5, 0.6) is 0 Å². The second-order valence-electron chi connectivity index (χ2n) is 9.75. The second-order valence-corrected chi connectivity index (χ2v) is 9.75. The number of likely N-dealkylation sites (tertiary alicyclic amines) is 1. The molecule has 1 atom stereocenters. The Morgan fingerprint density at radius 3 is 2.40 bits per heavy atom. The van der Waals surface area contributed by atoms with Crippen LogP contribution in [0.2, 0.25) is 0 Å². The minimum absolute atomic E-state index is 0.110. The van der Waals surface area contributed by atoms with Crippen LogP contribution in [0.25, 0.3) is 0 Å². The maximum atomic E-state index is 12.5. The number of amides is 2. The van der Waals surface area contributed by atoms with Gasteiger partial charge in [0, 0.05) is 18.9 Å². The average Bonchev–Trinajstić information content (AvgIpc) is 3.18. The van der Waals surface area contributed by atoms with Gasteiger partial charge in [-0.3, -0.25) is 14.5 Å². The van der Waals surface area contributed by atoms with E-state index < -0.39 is 5.60 Å². The molecule has 1 fully saturated rings. The van der Waals surface area contributed by atoms with Gasteiger partial charge in [0.2, 0.25) is 11.8 Å². The molecular formula is C22H38N4O4. The van der Waals surface area contributed by atoms with Crippen molar-refractivity contribution < 1.29 is 19.1 Å². The minimum Gasteiger partial charge on any atom is -0.375 e. The zero-order valence-electron chi connectivity index (χ0n) is 19.6. The van der Waals surface area contributed by atoms with E-state index in [4.69, 9.17) is 9.47 Å². The lowest BCUT2D eigenvalue weighted by molar-refractivity contribution is -0.140. The molecule has 1 aromatic heterocycles. The van der Waals surface area contributed by atoms with Gasteiger partial charge in [-0.25, -0.2) is 4.68 Å². The number of aromatic nitrogens is 3. The first-order valence-corrected chi connectivity index (χ1v) is 11.0. The highest BCUT2D eigenvalue weighted by molar-refractivity contribution is 6.03. The highest BCUT2D eigenvalue weighted by Crippen LogP contribution is 2.27. The summed E-state index contributed by atoms with van der Waals surface area (Å²) in [6, 6.07) is 0. The van der Waals surface area contributed by atoms with Crippen molar-refractivity contribution in [1.29, 1.82) is 0 Å². The Bertz CT molecular complexity index is 726. The Kier molecular flexibility index (Phi) is 8.16. The van der Waals surface area contributed by atoms with Gasteiger partial charge in [0.25, 0.3) is 0 Å². The standard InChI is InChI=1S/C22H38N4O4/c1-8-10-29-21(4,5)9-11-30-22(6,7)15-25-13-17(23-24-25)14-26-19(27)12-18(16(2)3)20(26)28/h13,16,18H,8-12,14-15H2,1-7H3. The summed E-state index contributed by atoms with van der Waals surface area (Å²) in [7, 11) is 0. The Morgan fingerprint density at radius 2 is 1.80 bits per heavy atom. The smallest absolute Gasteiger partial charge is 0.233 e. The van der Waals surface area contributed by atoms with Crippen LogP contribution in [0.15, 0.2) is 6.20 Å². The highest BCUT2D eigenvalue weighted by atomic mass is 16.5. The summed E-state index contributed by atoms with van der Waals surface area (Å²) < 4.78 is 13.6. The van der Waals surface area contributed by atoms with Crippen LogP contribution >= 0.6 is 0 Å². The van der Waals surface area contributed by atoms with Gasteiger partial charge >= 0.3 is 0 Å². The largest absolute Gasteiger partial charge is 0.375 e. The summed E-state index contributed by atoms with van der Waals surface area (Å²) in [5.74, 6) is -0.325. The van der Waals surface area contributed by atoms with E-state index in [2.05, 4.69) is 31.1 Å². The number of rotatable bonds is 12. The molecule has 170 valence electrons. The summed E-state index contributed by atoms with van der Waals surface area (Å²) in [6.45, 7) is 16.2. The lowest BCUT2D eigenvalue weighted by Gasteiger charge is -2.29. The molecule has 8 heteroatoms. The van der Waals surface area contributed by atoms with Crippen molar-refractivity contribution >= 4 is 11.8 Å². The van der Waals surface area contributed by atoms with Gasteiger partial charge in [0.15, 0.2) is 0 Å². The van der Waals surface area contributed by atoms with Gasteiger partial charge in [-0.1, -0.05) is 26.0 Å². The second kappa shape index (κ2) is 10.0. The molecule has 2 heterocycles. The quantitative estimate of drug-likeness (QED) is 0.481. The number of imide groups is 1. The molecule has 0 radical (unpaired) electrons. The van der Waals surface area contributed by atoms with Gasteiger partial charge < -0.3 is 9.47 Å². The fourth-order valence-electron chi connectivity index (χ4n) is 3.51. The number of carbonyl (C=O) groups excluding carboxylic acids is 2. The van der Waals surface area contributed by atoms with Crippen molar-refractivity contribution in [3.63, 3.8) is 0 Å². The normalized spacial score (nSPS) is 18.1. The van der Waals surface area contributed by atoms with Gasteiger partial charge in [-0.05, 0) is 46.5 Å². The van der Waals surface area contributed by atoms with E-state index in [0.29, 0.717) is 18.8 Å². The Balaban J connectivity index is 1.87. The number of hydrogen-bond donors (Lipinski definition) is 0. The molecule has 2 amide bonds. The Labute approximate surface area is 180 Å². The highest BCUT2D eigenvalue weighted by Gasteiger charge is 2.40. The van der Waals surface area contributed by atoms with E-state index in [1.165, 1.54) is 4.90 Å². The van der Waals surface area contributed by atoms with Gasteiger partial charge in [0.05, 0.1) is 37.1 Å². The zero-order chi connectivity index (χ0) is 22.5. The first-order valence-electron chi connectivity index (χ1n) is 11.0. The third kappa shape index (κ3) is 6.87. The van der Waals surface area contributed by atoms with E-state index in [0.717, 1.165) is 19.4 Å². The predicted octanol–water partition coefficient (Wildman–Crippen LogP) is 3.20. The molecular weight excluding hydrogens is 384 g/mol. The van der Waals surface area contributed by atoms with E-state index in [1.807, 2.05) is 27.7 Å². The van der Waals surface area contributed by atoms with Crippen LogP contribution in [0.1, 0.15) is 73.4 Å². The molecule has 0 aromatic carbocycles. The molecule has 0 N–H and O–H groups in total. The monoisotopic (exact) mass is 422 g/mol. The third-order valence-electron chi connectivity index (χ3n) is 5.43. The molecule has 0 aliphatic carbocycles. The SMILES string of the molecule is CCCOC(C)(C)CCOC(C)(C)Cn1cc(CN2C(=O)CC(C(C)C)C2=O)nn1. The minimum atomic E-state index is -0.437. The molecule has 0 bridgehead atoms. The van der Waals surface area contributed by atoms with Crippen LogP contribution < -0.4 is 0 Å². The van der Waals surface area contributed by atoms with Crippen molar-refractivity contribution in [3.8, 4) is 0 Å². The predicted molar refractivity (Wildman–Crippen MR) is 113 cm³/mol. The van der Waals surface area contributed by atoms with Crippen molar-refractivity contribution in [2.75, 3.05) is 13.2 Å². The number of carbonyl (C=O) groups is 2. The van der Waals surface area contributed by atoms with E-state index >= 15 is 0 Å². The van der Waals surface area contributed by atoms with Crippen LogP contribution in [-0.2, 0) is 32.2 Å². The summed E-state index contributed by atoms with van der Waals surface area (Å²) in [4.78, 5) is 26.0. The first-order chi connectivity index (χ1) is 13.9. The van der Waals surface area contributed by atoms with Gasteiger partial charge in [0.1, 0.15) is 5.69 Å². The zero-order valence-corrected chi connectivity index (χ0v) is 19.6. The molecule has 8 nitrogen and oxygen atoms in total. The van der Waals surface area contributed by atoms with Crippen LogP contribution in [-0.4, -0.2) is 56.1 Å². The molecule has 0 saturated carbocycles. The van der Waals surface area contributed by atoms with E-state index in [1.54, 1.807) is 10.9 Å².